The second-order valence-electron chi connectivity index (χ2n) is 2.99. The number of unbranched alkanes of at least 4 members (excludes halogenated alkanes) is 3. The van der Waals surface area contributed by atoms with Gasteiger partial charge in [-0.2, -0.15) is 0 Å². The van der Waals surface area contributed by atoms with Crippen LogP contribution in [0.2, 0.25) is 0 Å². The first-order valence-electron chi connectivity index (χ1n) is 4.92. The van der Waals surface area contributed by atoms with Crippen LogP contribution in [-0.4, -0.2) is 19.0 Å². The van der Waals surface area contributed by atoms with E-state index in [4.69, 9.17) is 5.73 Å². The van der Waals surface area contributed by atoms with Gasteiger partial charge in [-0.15, -0.1) is 0 Å². The Labute approximate surface area is 80.4 Å². The van der Waals surface area contributed by atoms with E-state index < -0.39 is 0 Å². The summed E-state index contributed by atoms with van der Waals surface area (Å²) >= 11 is 0. The maximum Gasteiger partial charge on any atom is 0.243 e. The number of carbonyl (C=O) groups excluding carboxylic acids is 1. The molecule has 0 spiro atoms. The third kappa shape index (κ3) is 9.08. The highest BCUT2D eigenvalue weighted by molar-refractivity contribution is 5.87. The Morgan fingerprint density at radius 2 is 2.00 bits per heavy atom. The van der Waals surface area contributed by atoms with Crippen LogP contribution in [0, 0.1) is 0 Å². The molecule has 1 amide bonds. The lowest BCUT2D eigenvalue weighted by Gasteiger charge is -2.01. The van der Waals surface area contributed by atoms with E-state index in [2.05, 4.69) is 5.32 Å². The summed E-state index contributed by atoms with van der Waals surface area (Å²) < 4.78 is 0. The predicted octanol–water partition coefficient (Wildman–Crippen LogP) is 1.20. The van der Waals surface area contributed by atoms with Crippen molar-refractivity contribution in [1.82, 2.24) is 5.32 Å². The quantitative estimate of drug-likeness (QED) is 0.461. The van der Waals surface area contributed by atoms with Gasteiger partial charge in [-0.1, -0.05) is 18.9 Å². The van der Waals surface area contributed by atoms with Gasteiger partial charge in [0.05, 0.1) is 0 Å². The first-order valence-corrected chi connectivity index (χ1v) is 4.92. The van der Waals surface area contributed by atoms with Gasteiger partial charge in [0.25, 0.3) is 0 Å². The minimum absolute atomic E-state index is 0.00123. The minimum Gasteiger partial charge on any atom is -0.353 e. The van der Waals surface area contributed by atoms with Crippen molar-refractivity contribution in [2.75, 3.05) is 13.1 Å². The topological polar surface area (TPSA) is 55.1 Å². The van der Waals surface area contributed by atoms with Gasteiger partial charge in [-0.3, -0.25) is 4.79 Å². The molecule has 0 saturated carbocycles. The summed E-state index contributed by atoms with van der Waals surface area (Å²) in [6, 6.07) is 0. The van der Waals surface area contributed by atoms with Crippen molar-refractivity contribution in [2.45, 2.75) is 32.6 Å². The molecule has 76 valence electrons. The average Bonchev–Trinajstić information content (AvgIpc) is 2.11. The molecule has 3 N–H and O–H groups in total. The SMILES string of the molecule is C/C=C/C(=O)NCCCCCCN. The molecule has 0 aliphatic heterocycles. The summed E-state index contributed by atoms with van der Waals surface area (Å²) in [5, 5.41) is 2.80. The Morgan fingerprint density at radius 1 is 1.31 bits per heavy atom. The average molecular weight is 184 g/mol. The monoisotopic (exact) mass is 184 g/mol. The van der Waals surface area contributed by atoms with E-state index in [9.17, 15) is 4.79 Å². The van der Waals surface area contributed by atoms with Crippen LogP contribution in [0.25, 0.3) is 0 Å². The molecule has 0 fully saturated rings. The maximum atomic E-state index is 10.9. The van der Waals surface area contributed by atoms with Crippen molar-refractivity contribution in [3.8, 4) is 0 Å². The summed E-state index contributed by atoms with van der Waals surface area (Å²) in [4.78, 5) is 10.9. The first-order chi connectivity index (χ1) is 6.31. The van der Waals surface area contributed by atoms with Gasteiger partial charge in [0.15, 0.2) is 0 Å². The number of nitrogens with two attached hydrogens (primary N) is 1. The molecule has 13 heavy (non-hydrogen) atoms. The molecule has 0 unspecified atom stereocenters. The standard InChI is InChI=1S/C10H20N2O/c1-2-7-10(13)12-9-6-4-3-5-8-11/h2,7H,3-6,8-9,11H2,1H3,(H,12,13)/b7-2+. The zero-order valence-corrected chi connectivity index (χ0v) is 8.38. The molecule has 0 bridgehead atoms. The third-order valence-corrected chi connectivity index (χ3v) is 1.75. The Kier molecular flexibility index (Phi) is 8.67. The number of allylic oxidation sites excluding steroid dienone is 1. The van der Waals surface area contributed by atoms with E-state index in [-0.39, 0.29) is 5.91 Å². The van der Waals surface area contributed by atoms with Gasteiger partial charge < -0.3 is 11.1 Å². The van der Waals surface area contributed by atoms with Crippen molar-refractivity contribution in [3.05, 3.63) is 12.2 Å². The van der Waals surface area contributed by atoms with E-state index >= 15 is 0 Å². The Bertz CT molecular complexity index is 155. The third-order valence-electron chi connectivity index (χ3n) is 1.75. The maximum absolute atomic E-state index is 10.9. The van der Waals surface area contributed by atoms with Gasteiger partial charge in [0, 0.05) is 6.54 Å². The van der Waals surface area contributed by atoms with Crippen molar-refractivity contribution in [1.29, 1.82) is 0 Å². The zero-order chi connectivity index (χ0) is 9.94. The van der Waals surface area contributed by atoms with E-state index in [0.717, 1.165) is 38.8 Å². The number of hydrogen-bond donors (Lipinski definition) is 2. The highest BCUT2D eigenvalue weighted by Gasteiger charge is 1.92. The molecule has 3 heteroatoms. The number of carbonyl (C=O) groups is 1. The highest BCUT2D eigenvalue weighted by Crippen LogP contribution is 1.96. The second kappa shape index (κ2) is 9.26. The molecular weight excluding hydrogens is 164 g/mol. The molecule has 0 rings (SSSR count). The van der Waals surface area contributed by atoms with Gasteiger partial charge in [0.1, 0.15) is 0 Å². The lowest BCUT2D eigenvalue weighted by molar-refractivity contribution is -0.116. The van der Waals surface area contributed by atoms with Crippen molar-refractivity contribution < 1.29 is 4.79 Å². The summed E-state index contributed by atoms with van der Waals surface area (Å²) in [7, 11) is 0. The van der Waals surface area contributed by atoms with Crippen LogP contribution in [-0.2, 0) is 4.79 Å². The van der Waals surface area contributed by atoms with Crippen molar-refractivity contribution in [3.63, 3.8) is 0 Å². The molecule has 0 aromatic rings. The Hall–Kier alpha value is -0.830. The number of rotatable bonds is 7. The van der Waals surface area contributed by atoms with Crippen LogP contribution < -0.4 is 11.1 Å². The summed E-state index contributed by atoms with van der Waals surface area (Å²) in [5.74, 6) is 0.00123. The van der Waals surface area contributed by atoms with Crippen molar-refractivity contribution in [2.24, 2.45) is 5.73 Å². The van der Waals surface area contributed by atoms with Crippen LogP contribution in [0.4, 0.5) is 0 Å². The smallest absolute Gasteiger partial charge is 0.243 e. The molecule has 0 radical (unpaired) electrons. The van der Waals surface area contributed by atoms with E-state index in [1.807, 2.05) is 6.92 Å². The van der Waals surface area contributed by atoms with E-state index in [1.165, 1.54) is 0 Å². The summed E-state index contributed by atoms with van der Waals surface area (Å²) in [6.07, 6.45) is 7.72. The lowest BCUT2D eigenvalue weighted by atomic mass is 10.2. The Balaban J connectivity index is 3.11. The van der Waals surface area contributed by atoms with Crippen LogP contribution in [0.15, 0.2) is 12.2 Å². The molecule has 0 aromatic carbocycles. The fourth-order valence-electron chi connectivity index (χ4n) is 1.04. The highest BCUT2D eigenvalue weighted by atomic mass is 16.1. The van der Waals surface area contributed by atoms with Crippen LogP contribution in [0.5, 0.6) is 0 Å². The molecule has 0 atom stereocenters. The lowest BCUT2D eigenvalue weighted by Crippen LogP contribution is -2.21. The number of amides is 1. The van der Waals surface area contributed by atoms with Crippen LogP contribution >= 0.6 is 0 Å². The normalized spacial score (nSPS) is 10.6. The summed E-state index contributed by atoms with van der Waals surface area (Å²) in [6.45, 7) is 3.37. The molecule has 0 heterocycles. The zero-order valence-electron chi connectivity index (χ0n) is 8.38. The first kappa shape index (κ1) is 12.2. The van der Waals surface area contributed by atoms with Crippen LogP contribution in [0.3, 0.4) is 0 Å². The molecule has 0 aliphatic rings. The van der Waals surface area contributed by atoms with Gasteiger partial charge in [-0.25, -0.2) is 0 Å². The van der Waals surface area contributed by atoms with E-state index in [0.29, 0.717) is 0 Å². The fraction of sp³-hybridized carbons (Fsp3) is 0.700. The molecule has 0 aliphatic carbocycles. The van der Waals surface area contributed by atoms with Crippen molar-refractivity contribution >= 4 is 5.91 Å². The Morgan fingerprint density at radius 3 is 2.62 bits per heavy atom. The van der Waals surface area contributed by atoms with Gasteiger partial charge in [-0.05, 0) is 32.4 Å². The molecule has 3 nitrogen and oxygen atoms in total. The second-order valence-corrected chi connectivity index (χ2v) is 2.99. The molecule has 0 saturated heterocycles. The minimum atomic E-state index is 0.00123. The van der Waals surface area contributed by atoms with Gasteiger partial charge in [0.2, 0.25) is 5.91 Å². The van der Waals surface area contributed by atoms with E-state index in [1.54, 1.807) is 12.2 Å². The molecule has 0 aromatic heterocycles. The molecular formula is C10H20N2O. The van der Waals surface area contributed by atoms with Crippen LogP contribution in [0.1, 0.15) is 32.6 Å². The largest absolute Gasteiger partial charge is 0.353 e. The fourth-order valence-corrected chi connectivity index (χ4v) is 1.04. The number of hydrogen-bond acceptors (Lipinski definition) is 2. The summed E-state index contributed by atoms with van der Waals surface area (Å²) in [5.41, 5.74) is 5.35. The van der Waals surface area contributed by atoms with Gasteiger partial charge >= 0.3 is 0 Å². The number of nitrogens with one attached hydrogen (secondary N) is 1. The predicted molar refractivity (Wildman–Crippen MR) is 55.3 cm³/mol.